The second-order valence-corrected chi connectivity index (χ2v) is 4.67. The number of rotatable bonds is 6. The fourth-order valence-corrected chi connectivity index (χ4v) is 1.89. The van der Waals surface area contributed by atoms with E-state index in [2.05, 4.69) is 4.98 Å². The molecule has 0 saturated heterocycles. The SMILES string of the molecule is CN(CCCOc1ccccc1)C(=O)c1cccc(=O)[nH]1. The lowest BCUT2D eigenvalue weighted by molar-refractivity contribution is 0.0782. The molecule has 0 atom stereocenters. The van der Waals surface area contributed by atoms with E-state index in [4.69, 9.17) is 4.74 Å². The molecule has 0 aliphatic heterocycles. The van der Waals surface area contributed by atoms with Gasteiger partial charge in [0.15, 0.2) is 0 Å². The second kappa shape index (κ2) is 7.28. The quantitative estimate of drug-likeness (QED) is 0.825. The molecule has 5 nitrogen and oxygen atoms in total. The molecule has 110 valence electrons. The Bertz CT molecular complexity index is 637. The van der Waals surface area contributed by atoms with Crippen LogP contribution in [0.1, 0.15) is 16.9 Å². The molecule has 2 aromatic rings. The molecule has 0 spiro atoms. The van der Waals surface area contributed by atoms with Gasteiger partial charge in [-0.25, -0.2) is 0 Å². The molecule has 0 unspecified atom stereocenters. The zero-order valence-electron chi connectivity index (χ0n) is 11.9. The molecule has 1 N–H and O–H groups in total. The Labute approximate surface area is 123 Å². The van der Waals surface area contributed by atoms with Crippen molar-refractivity contribution in [1.82, 2.24) is 9.88 Å². The molecule has 1 aromatic carbocycles. The Morgan fingerprint density at radius 2 is 1.90 bits per heavy atom. The molecule has 0 saturated carbocycles. The van der Waals surface area contributed by atoms with Gasteiger partial charge in [0.2, 0.25) is 5.56 Å². The van der Waals surface area contributed by atoms with Crippen molar-refractivity contribution in [2.24, 2.45) is 0 Å². The van der Waals surface area contributed by atoms with Crippen molar-refractivity contribution in [2.45, 2.75) is 6.42 Å². The minimum Gasteiger partial charge on any atom is -0.494 e. The summed E-state index contributed by atoms with van der Waals surface area (Å²) in [5.74, 6) is 0.617. The van der Waals surface area contributed by atoms with Crippen molar-refractivity contribution in [1.29, 1.82) is 0 Å². The Hall–Kier alpha value is -2.56. The first-order valence-electron chi connectivity index (χ1n) is 6.79. The van der Waals surface area contributed by atoms with Gasteiger partial charge in [0.25, 0.3) is 5.91 Å². The number of nitrogens with zero attached hydrogens (tertiary/aromatic N) is 1. The van der Waals surface area contributed by atoms with Crippen LogP contribution in [0.2, 0.25) is 0 Å². The Balaban J connectivity index is 1.78. The van der Waals surface area contributed by atoms with Crippen LogP contribution < -0.4 is 10.3 Å². The van der Waals surface area contributed by atoms with Gasteiger partial charge >= 0.3 is 0 Å². The highest BCUT2D eigenvalue weighted by atomic mass is 16.5. The van der Waals surface area contributed by atoms with Crippen LogP contribution in [-0.4, -0.2) is 36.0 Å². The van der Waals surface area contributed by atoms with E-state index >= 15 is 0 Å². The first-order valence-corrected chi connectivity index (χ1v) is 6.79. The molecule has 0 radical (unpaired) electrons. The summed E-state index contributed by atoms with van der Waals surface area (Å²) in [5, 5.41) is 0. The van der Waals surface area contributed by atoms with Gasteiger partial charge in [0.05, 0.1) is 6.61 Å². The van der Waals surface area contributed by atoms with Crippen LogP contribution in [-0.2, 0) is 0 Å². The van der Waals surface area contributed by atoms with Crippen molar-refractivity contribution < 1.29 is 9.53 Å². The summed E-state index contributed by atoms with van der Waals surface area (Å²) >= 11 is 0. The van der Waals surface area contributed by atoms with E-state index in [0.29, 0.717) is 25.3 Å². The number of hydrogen-bond donors (Lipinski definition) is 1. The number of H-pyrrole nitrogens is 1. The molecule has 0 aliphatic rings. The lowest BCUT2D eigenvalue weighted by atomic mass is 10.3. The highest BCUT2D eigenvalue weighted by Gasteiger charge is 2.11. The topological polar surface area (TPSA) is 62.4 Å². The van der Waals surface area contributed by atoms with Gasteiger partial charge in [-0.3, -0.25) is 9.59 Å². The molecule has 1 aromatic heterocycles. The average Bonchev–Trinajstić information content (AvgIpc) is 2.51. The minimum atomic E-state index is -0.276. The van der Waals surface area contributed by atoms with Crippen LogP contribution in [0.4, 0.5) is 0 Å². The van der Waals surface area contributed by atoms with Crippen LogP contribution in [0.15, 0.2) is 53.3 Å². The molecular weight excluding hydrogens is 268 g/mol. The molecule has 2 rings (SSSR count). The van der Waals surface area contributed by atoms with Crippen LogP contribution in [0, 0.1) is 0 Å². The predicted molar refractivity (Wildman–Crippen MR) is 80.6 cm³/mol. The number of nitrogens with one attached hydrogen (secondary N) is 1. The van der Waals surface area contributed by atoms with E-state index in [9.17, 15) is 9.59 Å². The van der Waals surface area contributed by atoms with E-state index in [1.165, 1.54) is 6.07 Å². The zero-order chi connectivity index (χ0) is 15.1. The Morgan fingerprint density at radius 3 is 2.62 bits per heavy atom. The molecule has 1 heterocycles. The first kappa shape index (κ1) is 14.8. The molecule has 21 heavy (non-hydrogen) atoms. The van der Waals surface area contributed by atoms with Gasteiger partial charge < -0.3 is 14.6 Å². The third kappa shape index (κ3) is 4.49. The van der Waals surface area contributed by atoms with Gasteiger partial charge in [0.1, 0.15) is 11.4 Å². The Morgan fingerprint density at radius 1 is 1.14 bits per heavy atom. The maximum atomic E-state index is 12.1. The summed E-state index contributed by atoms with van der Waals surface area (Å²) in [6, 6.07) is 14.1. The van der Waals surface area contributed by atoms with Gasteiger partial charge in [-0.2, -0.15) is 0 Å². The number of carbonyl (C=O) groups excluding carboxylic acids is 1. The van der Waals surface area contributed by atoms with Gasteiger partial charge in [-0.15, -0.1) is 0 Å². The molecule has 0 bridgehead atoms. The number of hydrogen-bond acceptors (Lipinski definition) is 3. The number of aromatic amines is 1. The maximum Gasteiger partial charge on any atom is 0.270 e. The van der Waals surface area contributed by atoms with Crippen LogP contribution in [0.25, 0.3) is 0 Å². The monoisotopic (exact) mass is 286 g/mol. The van der Waals surface area contributed by atoms with Crippen LogP contribution in [0.3, 0.4) is 0 Å². The van der Waals surface area contributed by atoms with E-state index in [1.54, 1.807) is 24.1 Å². The van der Waals surface area contributed by atoms with Crippen molar-refractivity contribution in [3.8, 4) is 5.75 Å². The molecule has 1 amide bonds. The van der Waals surface area contributed by atoms with Crippen molar-refractivity contribution in [3.63, 3.8) is 0 Å². The van der Waals surface area contributed by atoms with Gasteiger partial charge in [-0.1, -0.05) is 24.3 Å². The fourth-order valence-electron chi connectivity index (χ4n) is 1.89. The van der Waals surface area contributed by atoms with Crippen molar-refractivity contribution in [2.75, 3.05) is 20.2 Å². The second-order valence-electron chi connectivity index (χ2n) is 4.67. The number of benzene rings is 1. The highest BCUT2D eigenvalue weighted by molar-refractivity contribution is 5.91. The molecule has 5 heteroatoms. The van der Waals surface area contributed by atoms with Gasteiger partial charge in [-0.05, 0) is 24.6 Å². The summed E-state index contributed by atoms with van der Waals surface area (Å²) in [4.78, 5) is 27.4. The highest BCUT2D eigenvalue weighted by Crippen LogP contribution is 2.08. The summed E-state index contributed by atoms with van der Waals surface area (Å²) in [6.07, 6.45) is 0.716. The molecule has 0 fully saturated rings. The number of para-hydroxylation sites is 1. The summed E-state index contributed by atoms with van der Waals surface area (Å²) < 4.78 is 5.57. The van der Waals surface area contributed by atoms with Crippen molar-refractivity contribution >= 4 is 5.91 Å². The number of ether oxygens (including phenoxy) is 1. The average molecular weight is 286 g/mol. The van der Waals surface area contributed by atoms with E-state index < -0.39 is 0 Å². The van der Waals surface area contributed by atoms with Crippen molar-refractivity contribution in [3.05, 3.63) is 64.6 Å². The predicted octanol–water partition coefficient (Wildman–Crippen LogP) is 1.92. The van der Waals surface area contributed by atoms with Crippen LogP contribution in [0.5, 0.6) is 5.75 Å². The standard InChI is InChI=1S/C16H18N2O3/c1-18(16(20)14-9-5-10-15(19)17-14)11-6-12-21-13-7-3-2-4-8-13/h2-5,7-10H,6,11-12H2,1H3,(H,17,19). The normalized spacial score (nSPS) is 10.1. The molecular formula is C16H18N2O3. The lowest BCUT2D eigenvalue weighted by Gasteiger charge is -2.17. The van der Waals surface area contributed by atoms with E-state index in [1.807, 2.05) is 30.3 Å². The summed E-state index contributed by atoms with van der Waals surface area (Å²) in [7, 11) is 1.70. The molecule has 0 aliphatic carbocycles. The number of carbonyl (C=O) groups is 1. The van der Waals surface area contributed by atoms with E-state index in [0.717, 1.165) is 5.75 Å². The fraction of sp³-hybridized carbons (Fsp3) is 0.250. The maximum absolute atomic E-state index is 12.1. The largest absolute Gasteiger partial charge is 0.494 e. The van der Waals surface area contributed by atoms with E-state index in [-0.39, 0.29) is 11.5 Å². The van der Waals surface area contributed by atoms with Gasteiger partial charge in [0, 0.05) is 19.7 Å². The number of amides is 1. The summed E-state index contributed by atoms with van der Waals surface area (Å²) in [6.45, 7) is 1.09. The smallest absolute Gasteiger partial charge is 0.270 e. The number of pyridine rings is 1. The third-order valence-corrected chi connectivity index (χ3v) is 3.00. The zero-order valence-corrected chi connectivity index (χ0v) is 11.9. The Kier molecular flexibility index (Phi) is 5.15. The minimum absolute atomic E-state index is 0.201. The lowest BCUT2D eigenvalue weighted by Crippen LogP contribution is -2.30. The first-order chi connectivity index (χ1) is 10.2. The van der Waals surface area contributed by atoms with Crippen LogP contribution >= 0.6 is 0 Å². The number of aromatic nitrogens is 1. The summed E-state index contributed by atoms with van der Waals surface area (Å²) in [5.41, 5.74) is 0.0237. The third-order valence-electron chi connectivity index (χ3n) is 3.00.